The number of thiophene rings is 1. The molecule has 0 radical (unpaired) electrons. The van der Waals surface area contributed by atoms with Gasteiger partial charge in [0.05, 0.1) is 7.11 Å². The van der Waals surface area contributed by atoms with Gasteiger partial charge in [-0.25, -0.2) is 17.9 Å². The van der Waals surface area contributed by atoms with Gasteiger partial charge in [0, 0.05) is 13.1 Å². The highest BCUT2D eigenvalue weighted by Crippen LogP contribution is 2.22. The molecular weight excluding hydrogens is 276 g/mol. The molecule has 0 amide bonds. The number of hydrogen-bond acceptors (Lipinski definition) is 6. The quantitative estimate of drug-likeness (QED) is 0.562. The number of ether oxygens (including phenoxy) is 1. The zero-order chi connectivity index (χ0) is 13.6. The van der Waals surface area contributed by atoms with E-state index in [0.29, 0.717) is 6.54 Å². The number of rotatable bonds is 7. The molecular formula is C10H16N2O4S2. The van der Waals surface area contributed by atoms with Crippen molar-refractivity contribution in [2.45, 2.75) is 11.8 Å². The first-order chi connectivity index (χ1) is 8.53. The summed E-state index contributed by atoms with van der Waals surface area (Å²) in [6.07, 6.45) is 0. The summed E-state index contributed by atoms with van der Waals surface area (Å²) in [7, 11) is -2.44. The lowest BCUT2D eigenvalue weighted by Crippen LogP contribution is -2.32. The fraction of sp³-hybridized carbons (Fsp3) is 0.500. The van der Waals surface area contributed by atoms with Crippen LogP contribution in [-0.4, -0.2) is 41.1 Å². The standard InChI is InChI=1S/C10H16N2O4S2/c1-3-11-5-6-12-18(14,15)8-4-7-17-9(8)10(13)16-2/h4,7,11-12H,3,5-6H2,1-2H3. The van der Waals surface area contributed by atoms with Crippen molar-refractivity contribution in [3.63, 3.8) is 0 Å². The summed E-state index contributed by atoms with van der Waals surface area (Å²) < 4.78 is 30.9. The van der Waals surface area contributed by atoms with Gasteiger partial charge in [-0.1, -0.05) is 6.92 Å². The van der Waals surface area contributed by atoms with Gasteiger partial charge in [-0.3, -0.25) is 0 Å². The second-order valence-electron chi connectivity index (χ2n) is 3.36. The molecule has 0 aliphatic carbocycles. The number of carbonyl (C=O) groups is 1. The van der Waals surface area contributed by atoms with E-state index >= 15 is 0 Å². The Morgan fingerprint density at radius 2 is 2.17 bits per heavy atom. The highest BCUT2D eigenvalue weighted by Gasteiger charge is 2.23. The zero-order valence-electron chi connectivity index (χ0n) is 10.2. The second kappa shape index (κ2) is 6.83. The van der Waals surface area contributed by atoms with Gasteiger partial charge in [0.15, 0.2) is 0 Å². The lowest BCUT2D eigenvalue weighted by Gasteiger charge is -2.07. The summed E-state index contributed by atoms with van der Waals surface area (Å²) in [4.78, 5) is 11.5. The van der Waals surface area contributed by atoms with E-state index in [0.717, 1.165) is 17.9 Å². The monoisotopic (exact) mass is 292 g/mol. The summed E-state index contributed by atoms with van der Waals surface area (Å²) in [6.45, 7) is 3.51. The smallest absolute Gasteiger partial charge is 0.349 e. The molecule has 1 heterocycles. The van der Waals surface area contributed by atoms with Crippen molar-refractivity contribution in [2.24, 2.45) is 0 Å². The number of likely N-dealkylation sites (N-methyl/N-ethyl adjacent to an activating group) is 1. The Bertz CT molecular complexity index is 496. The number of sulfonamides is 1. The number of methoxy groups -OCH3 is 1. The Morgan fingerprint density at radius 3 is 2.78 bits per heavy atom. The van der Waals surface area contributed by atoms with Gasteiger partial charge in [-0.15, -0.1) is 11.3 Å². The molecule has 0 fully saturated rings. The van der Waals surface area contributed by atoms with Crippen molar-refractivity contribution in [3.8, 4) is 0 Å². The molecule has 1 rings (SSSR count). The predicted molar refractivity (Wildman–Crippen MR) is 69.4 cm³/mol. The summed E-state index contributed by atoms with van der Waals surface area (Å²) in [5.74, 6) is -0.642. The molecule has 8 heteroatoms. The first-order valence-corrected chi connectivity index (χ1v) is 7.75. The third kappa shape index (κ3) is 3.77. The number of hydrogen-bond donors (Lipinski definition) is 2. The van der Waals surface area contributed by atoms with E-state index in [4.69, 9.17) is 0 Å². The van der Waals surface area contributed by atoms with Crippen LogP contribution in [0.3, 0.4) is 0 Å². The lowest BCUT2D eigenvalue weighted by molar-refractivity contribution is 0.0602. The van der Waals surface area contributed by atoms with Crippen LogP contribution in [0.15, 0.2) is 16.3 Å². The largest absolute Gasteiger partial charge is 0.465 e. The van der Waals surface area contributed by atoms with Gasteiger partial charge < -0.3 is 10.1 Å². The molecule has 0 unspecified atom stereocenters. The second-order valence-corrected chi connectivity index (χ2v) is 6.01. The van der Waals surface area contributed by atoms with Crippen LogP contribution >= 0.6 is 11.3 Å². The molecule has 2 N–H and O–H groups in total. The van der Waals surface area contributed by atoms with Crippen molar-refractivity contribution >= 4 is 27.3 Å². The molecule has 0 aromatic carbocycles. The van der Waals surface area contributed by atoms with E-state index in [9.17, 15) is 13.2 Å². The Kier molecular flexibility index (Phi) is 5.73. The van der Waals surface area contributed by atoms with Gasteiger partial charge in [-0.05, 0) is 18.0 Å². The van der Waals surface area contributed by atoms with Crippen LogP contribution in [0.5, 0.6) is 0 Å². The molecule has 6 nitrogen and oxygen atoms in total. The Labute approximate surface area is 110 Å². The van der Waals surface area contributed by atoms with Gasteiger partial charge >= 0.3 is 5.97 Å². The van der Waals surface area contributed by atoms with E-state index < -0.39 is 16.0 Å². The van der Waals surface area contributed by atoms with Crippen molar-refractivity contribution in [3.05, 3.63) is 16.3 Å². The van der Waals surface area contributed by atoms with Crippen molar-refractivity contribution in [1.82, 2.24) is 10.0 Å². The van der Waals surface area contributed by atoms with Gasteiger partial charge in [0.25, 0.3) is 0 Å². The third-order valence-corrected chi connectivity index (χ3v) is 4.66. The minimum Gasteiger partial charge on any atom is -0.465 e. The summed E-state index contributed by atoms with van der Waals surface area (Å²) in [5.41, 5.74) is 0. The third-order valence-electron chi connectivity index (χ3n) is 2.13. The van der Waals surface area contributed by atoms with E-state index in [2.05, 4.69) is 14.8 Å². The molecule has 0 aliphatic heterocycles. The number of esters is 1. The van der Waals surface area contributed by atoms with Crippen LogP contribution in [0.1, 0.15) is 16.6 Å². The highest BCUT2D eigenvalue weighted by atomic mass is 32.2. The zero-order valence-corrected chi connectivity index (χ0v) is 11.9. The molecule has 102 valence electrons. The molecule has 0 aliphatic rings. The van der Waals surface area contributed by atoms with Crippen LogP contribution in [0, 0.1) is 0 Å². The molecule has 18 heavy (non-hydrogen) atoms. The van der Waals surface area contributed by atoms with Crippen LogP contribution in [0.4, 0.5) is 0 Å². The maximum atomic E-state index is 12.0. The maximum Gasteiger partial charge on any atom is 0.349 e. The first-order valence-electron chi connectivity index (χ1n) is 5.39. The molecule has 1 aromatic rings. The summed E-state index contributed by atoms with van der Waals surface area (Å²) >= 11 is 1.04. The van der Waals surface area contributed by atoms with Crippen LogP contribution in [-0.2, 0) is 14.8 Å². The van der Waals surface area contributed by atoms with E-state index in [1.807, 2.05) is 6.92 Å². The Morgan fingerprint density at radius 1 is 1.44 bits per heavy atom. The number of carbonyl (C=O) groups excluding carboxylic acids is 1. The predicted octanol–water partition coefficient (Wildman–Crippen LogP) is 0.423. The van der Waals surface area contributed by atoms with E-state index in [1.54, 1.807) is 5.38 Å². The van der Waals surface area contributed by atoms with Crippen LogP contribution < -0.4 is 10.0 Å². The van der Waals surface area contributed by atoms with Crippen molar-refractivity contribution < 1.29 is 17.9 Å². The average Bonchev–Trinajstić information content (AvgIpc) is 2.83. The molecule has 0 bridgehead atoms. The fourth-order valence-corrected chi connectivity index (χ4v) is 3.64. The highest BCUT2D eigenvalue weighted by molar-refractivity contribution is 7.89. The summed E-state index contributed by atoms with van der Waals surface area (Å²) in [6, 6.07) is 1.40. The topological polar surface area (TPSA) is 84.5 Å². The van der Waals surface area contributed by atoms with E-state index in [-0.39, 0.29) is 16.3 Å². The minimum absolute atomic E-state index is 0.0316. The normalized spacial score (nSPS) is 11.4. The minimum atomic E-state index is -3.66. The fourth-order valence-electron chi connectivity index (χ4n) is 1.28. The average molecular weight is 292 g/mol. The maximum absolute atomic E-state index is 12.0. The van der Waals surface area contributed by atoms with Crippen LogP contribution in [0.25, 0.3) is 0 Å². The Hall–Kier alpha value is -0.960. The van der Waals surface area contributed by atoms with Gasteiger partial charge in [0.2, 0.25) is 10.0 Å². The summed E-state index contributed by atoms with van der Waals surface area (Å²) in [5, 5.41) is 4.55. The molecule has 0 saturated heterocycles. The van der Waals surface area contributed by atoms with Crippen molar-refractivity contribution in [2.75, 3.05) is 26.7 Å². The SMILES string of the molecule is CCNCCNS(=O)(=O)c1ccsc1C(=O)OC. The Balaban J connectivity index is 2.79. The molecule has 1 aromatic heterocycles. The van der Waals surface area contributed by atoms with Crippen LogP contribution in [0.2, 0.25) is 0 Å². The molecule has 0 saturated carbocycles. The van der Waals surface area contributed by atoms with Crippen molar-refractivity contribution in [1.29, 1.82) is 0 Å². The van der Waals surface area contributed by atoms with E-state index in [1.165, 1.54) is 13.2 Å². The lowest BCUT2D eigenvalue weighted by atomic mass is 10.5. The molecule has 0 atom stereocenters. The first kappa shape index (κ1) is 15.1. The number of nitrogens with one attached hydrogen (secondary N) is 2. The van der Waals surface area contributed by atoms with Gasteiger partial charge in [0.1, 0.15) is 9.77 Å². The molecule has 0 spiro atoms. The van der Waals surface area contributed by atoms with Gasteiger partial charge in [-0.2, -0.15) is 0 Å².